The lowest BCUT2D eigenvalue weighted by Gasteiger charge is -1.99. The predicted octanol–water partition coefficient (Wildman–Crippen LogP) is 2.61. The van der Waals surface area contributed by atoms with E-state index in [9.17, 15) is 0 Å². The van der Waals surface area contributed by atoms with E-state index < -0.39 is 0 Å². The second-order valence-corrected chi connectivity index (χ2v) is 5.16. The van der Waals surface area contributed by atoms with Crippen molar-refractivity contribution in [2.45, 2.75) is 39.2 Å². The molecule has 0 radical (unpaired) electrons. The Morgan fingerprint density at radius 2 is 2.09 bits per heavy atom. The van der Waals surface area contributed by atoms with Crippen LogP contribution in [0.5, 0.6) is 0 Å². The SMILES string of the molecule is Cc1nn(CCCCCC#N)nc1-c1ncnc2[nH]ccc12. The Bertz CT molecular complexity index is 809. The average molecular weight is 295 g/mol. The van der Waals surface area contributed by atoms with Gasteiger partial charge in [0.1, 0.15) is 23.4 Å². The minimum atomic E-state index is 0.614. The Morgan fingerprint density at radius 3 is 2.95 bits per heavy atom. The zero-order valence-corrected chi connectivity index (χ0v) is 12.5. The van der Waals surface area contributed by atoms with Crippen LogP contribution in [-0.4, -0.2) is 29.9 Å². The zero-order valence-electron chi connectivity index (χ0n) is 12.5. The summed E-state index contributed by atoms with van der Waals surface area (Å²) in [5.74, 6) is 0. The minimum absolute atomic E-state index is 0.614. The van der Waals surface area contributed by atoms with Gasteiger partial charge >= 0.3 is 0 Å². The smallest absolute Gasteiger partial charge is 0.141 e. The Morgan fingerprint density at radius 1 is 1.18 bits per heavy atom. The van der Waals surface area contributed by atoms with E-state index in [-0.39, 0.29) is 0 Å². The number of nitrogens with zero attached hydrogens (tertiary/aromatic N) is 6. The third-order valence-corrected chi connectivity index (χ3v) is 3.55. The summed E-state index contributed by atoms with van der Waals surface area (Å²) in [6.07, 6.45) is 6.91. The molecule has 0 saturated heterocycles. The van der Waals surface area contributed by atoms with Crippen LogP contribution in [0, 0.1) is 18.3 Å². The number of nitriles is 1. The quantitative estimate of drug-likeness (QED) is 0.705. The molecule has 0 aliphatic rings. The van der Waals surface area contributed by atoms with Gasteiger partial charge in [-0.3, -0.25) is 0 Å². The fourth-order valence-electron chi connectivity index (χ4n) is 2.44. The molecule has 0 bridgehead atoms. The maximum Gasteiger partial charge on any atom is 0.141 e. The molecule has 112 valence electrons. The van der Waals surface area contributed by atoms with Gasteiger partial charge in [0.2, 0.25) is 0 Å². The van der Waals surface area contributed by atoms with Gasteiger partial charge in [-0.1, -0.05) is 6.42 Å². The van der Waals surface area contributed by atoms with Gasteiger partial charge in [0, 0.05) is 18.0 Å². The fourth-order valence-corrected chi connectivity index (χ4v) is 2.44. The number of aryl methyl sites for hydroxylation is 2. The lowest BCUT2D eigenvalue weighted by Crippen LogP contribution is -2.02. The van der Waals surface area contributed by atoms with E-state index in [2.05, 4.69) is 31.2 Å². The van der Waals surface area contributed by atoms with E-state index in [1.807, 2.05) is 19.2 Å². The van der Waals surface area contributed by atoms with Crippen molar-refractivity contribution in [2.24, 2.45) is 0 Å². The molecule has 0 fully saturated rings. The molecular weight excluding hydrogens is 278 g/mol. The van der Waals surface area contributed by atoms with Crippen LogP contribution in [0.4, 0.5) is 0 Å². The summed E-state index contributed by atoms with van der Waals surface area (Å²) in [4.78, 5) is 13.4. The monoisotopic (exact) mass is 295 g/mol. The summed E-state index contributed by atoms with van der Waals surface area (Å²) in [7, 11) is 0. The Balaban J connectivity index is 1.78. The molecule has 1 N–H and O–H groups in total. The zero-order chi connectivity index (χ0) is 15.4. The number of hydrogen-bond acceptors (Lipinski definition) is 5. The van der Waals surface area contributed by atoms with Crippen LogP contribution >= 0.6 is 0 Å². The Labute approximate surface area is 128 Å². The molecule has 0 saturated carbocycles. The van der Waals surface area contributed by atoms with Crippen molar-refractivity contribution in [1.82, 2.24) is 29.9 Å². The van der Waals surface area contributed by atoms with Crippen molar-refractivity contribution >= 4 is 11.0 Å². The van der Waals surface area contributed by atoms with Crippen molar-refractivity contribution in [2.75, 3.05) is 0 Å². The molecule has 3 heterocycles. The van der Waals surface area contributed by atoms with Crippen LogP contribution in [0.1, 0.15) is 31.4 Å². The molecule has 0 atom stereocenters. The first kappa shape index (κ1) is 14.2. The standard InChI is InChI=1S/C15H17N7/c1-11-13(14-12-6-8-17-15(12)19-10-18-14)21-22(20-11)9-5-3-2-4-7-16/h6,8,10H,2-5,9H2,1H3,(H,17,18,19). The van der Waals surface area contributed by atoms with E-state index >= 15 is 0 Å². The molecule has 0 unspecified atom stereocenters. The van der Waals surface area contributed by atoms with Gasteiger partial charge in [-0.05, 0) is 25.8 Å². The van der Waals surface area contributed by atoms with Gasteiger partial charge in [-0.25, -0.2) is 9.97 Å². The van der Waals surface area contributed by atoms with Crippen molar-refractivity contribution in [1.29, 1.82) is 5.26 Å². The molecule has 7 nitrogen and oxygen atoms in total. The van der Waals surface area contributed by atoms with E-state index in [1.54, 1.807) is 4.80 Å². The van der Waals surface area contributed by atoms with Crippen LogP contribution in [0.15, 0.2) is 18.6 Å². The lowest BCUT2D eigenvalue weighted by atomic mass is 10.2. The number of H-pyrrole nitrogens is 1. The maximum absolute atomic E-state index is 8.52. The highest BCUT2D eigenvalue weighted by atomic mass is 15.5. The minimum Gasteiger partial charge on any atom is -0.346 e. The van der Waals surface area contributed by atoms with E-state index in [1.165, 1.54) is 6.33 Å². The first-order valence-corrected chi connectivity index (χ1v) is 7.36. The van der Waals surface area contributed by atoms with Gasteiger partial charge in [0.05, 0.1) is 18.3 Å². The molecule has 0 spiro atoms. The van der Waals surface area contributed by atoms with Crippen molar-refractivity contribution in [3.63, 3.8) is 0 Å². The maximum atomic E-state index is 8.52. The molecule has 0 aromatic carbocycles. The average Bonchev–Trinajstić information content (AvgIpc) is 3.13. The highest BCUT2D eigenvalue weighted by molar-refractivity contribution is 5.89. The molecule has 0 aliphatic carbocycles. The van der Waals surface area contributed by atoms with Crippen LogP contribution < -0.4 is 0 Å². The molecule has 3 aromatic rings. The molecule has 7 heteroatoms. The summed E-state index contributed by atoms with van der Waals surface area (Å²) in [6, 6.07) is 4.11. The number of nitrogens with one attached hydrogen (secondary N) is 1. The molecule has 3 rings (SSSR count). The normalized spacial score (nSPS) is 10.9. The third kappa shape index (κ3) is 2.81. The molecule has 3 aromatic heterocycles. The second kappa shape index (κ2) is 6.35. The van der Waals surface area contributed by atoms with Crippen molar-refractivity contribution in [3.05, 3.63) is 24.3 Å². The summed E-state index contributed by atoms with van der Waals surface area (Å²) in [6.45, 7) is 2.70. The van der Waals surface area contributed by atoms with Gasteiger partial charge in [-0.2, -0.15) is 20.3 Å². The predicted molar refractivity (Wildman–Crippen MR) is 81.7 cm³/mol. The Kier molecular flexibility index (Phi) is 4.10. The van der Waals surface area contributed by atoms with Crippen molar-refractivity contribution in [3.8, 4) is 17.5 Å². The van der Waals surface area contributed by atoms with Crippen molar-refractivity contribution < 1.29 is 0 Å². The van der Waals surface area contributed by atoms with Crippen LogP contribution in [-0.2, 0) is 6.54 Å². The highest BCUT2D eigenvalue weighted by Gasteiger charge is 2.14. The Hall–Kier alpha value is -2.75. The number of aromatic nitrogens is 6. The van der Waals surface area contributed by atoms with Gasteiger partial charge in [0.25, 0.3) is 0 Å². The fraction of sp³-hybridized carbons (Fsp3) is 0.400. The number of hydrogen-bond donors (Lipinski definition) is 1. The highest BCUT2D eigenvalue weighted by Crippen LogP contribution is 2.24. The first-order valence-electron chi connectivity index (χ1n) is 7.36. The number of unbranched alkanes of at least 4 members (excludes halogenated alkanes) is 3. The van der Waals surface area contributed by atoms with Gasteiger partial charge < -0.3 is 4.98 Å². The summed E-state index contributed by atoms with van der Waals surface area (Å²) in [5, 5.41) is 18.5. The summed E-state index contributed by atoms with van der Waals surface area (Å²) in [5.41, 5.74) is 3.26. The number of aromatic amines is 1. The largest absolute Gasteiger partial charge is 0.346 e. The third-order valence-electron chi connectivity index (χ3n) is 3.55. The summed E-state index contributed by atoms with van der Waals surface area (Å²) >= 11 is 0. The van der Waals surface area contributed by atoms with E-state index in [4.69, 9.17) is 5.26 Å². The number of fused-ring (bicyclic) bond motifs is 1. The molecular formula is C15H17N7. The van der Waals surface area contributed by atoms with E-state index in [0.29, 0.717) is 6.42 Å². The lowest BCUT2D eigenvalue weighted by molar-refractivity contribution is 0.492. The molecule has 0 amide bonds. The summed E-state index contributed by atoms with van der Waals surface area (Å²) < 4.78 is 0. The van der Waals surface area contributed by atoms with Gasteiger partial charge in [0.15, 0.2) is 0 Å². The first-order chi connectivity index (χ1) is 10.8. The number of rotatable bonds is 6. The van der Waals surface area contributed by atoms with Crippen LogP contribution in [0.25, 0.3) is 22.4 Å². The molecule has 22 heavy (non-hydrogen) atoms. The van der Waals surface area contributed by atoms with Crippen LogP contribution in [0.2, 0.25) is 0 Å². The van der Waals surface area contributed by atoms with Gasteiger partial charge in [-0.15, -0.1) is 0 Å². The van der Waals surface area contributed by atoms with E-state index in [0.717, 1.165) is 53.9 Å². The second-order valence-electron chi connectivity index (χ2n) is 5.16. The van der Waals surface area contributed by atoms with Crippen LogP contribution in [0.3, 0.4) is 0 Å². The topological polar surface area (TPSA) is 96.1 Å². The molecule has 0 aliphatic heterocycles.